The molecule has 2 heterocycles. The van der Waals surface area contributed by atoms with Gasteiger partial charge in [-0.25, -0.2) is 4.79 Å². The SMILES string of the molecule is NC(N)=NCCCCCC(=O)O[C@H]1C[C@H](n2cc([125I])c(=O)[nH]c2=O)O[C@@H]1CO. The van der Waals surface area contributed by atoms with Crippen molar-refractivity contribution in [2.75, 3.05) is 13.2 Å². The summed E-state index contributed by atoms with van der Waals surface area (Å²) in [6.07, 6.45) is 1.78. The van der Waals surface area contributed by atoms with Crippen molar-refractivity contribution in [3.8, 4) is 0 Å². The average molecular weight is 507 g/mol. The first-order valence-corrected chi connectivity index (χ1v) is 9.92. The van der Waals surface area contributed by atoms with E-state index in [4.69, 9.17) is 20.9 Å². The van der Waals surface area contributed by atoms with Crippen LogP contribution in [0.5, 0.6) is 0 Å². The Balaban J connectivity index is 1.87. The van der Waals surface area contributed by atoms with Crippen molar-refractivity contribution in [3.63, 3.8) is 0 Å². The predicted molar refractivity (Wildman–Crippen MR) is 109 cm³/mol. The van der Waals surface area contributed by atoms with E-state index < -0.39 is 35.7 Å². The maximum atomic E-state index is 12.1. The number of nitrogens with one attached hydrogen (secondary N) is 1. The van der Waals surface area contributed by atoms with Crippen LogP contribution in [0.15, 0.2) is 20.8 Å². The molecule has 6 N–H and O–H groups in total. The molecule has 3 atom stereocenters. The average Bonchev–Trinajstić information content (AvgIpc) is 3.03. The molecule has 0 saturated carbocycles. The third kappa shape index (κ3) is 6.31. The number of nitrogens with zero attached hydrogens (tertiary/aromatic N) is 2. The summed E-state index contributed by atoms with van der Waals surface area (Å²) in [5.74, 6) is -0.362. The molecule has 1 saturated heterocycles. The minimum absolute atomic E-state index is 0.0431. The summed E-state index contributed by atoms with van der Waals surface area (Å²) in [7, 11) is 0. The lowest BCUT2D eigenvalue weighted by Crippen LogP contribution is -2.33. The van der Waals surface area contributed by atoms with Crippen molar-refractivity contribution in [3.05, 3.63) is 30.6 Å². The van der Waals surface area contributed by atoms with Gasteiger partial charge in [-0.15, -0.1) is 0 Å². The second kappa shape index (κ2) is 10.6. The molecule has 1 aliphatic heterocycles. The fourth-order valence-electron chi connectivity index (χ4n) is 2.83. The van der Waals surface area contributed by atoms with E-state index in [1.807, 2.05) is 0 Å². The van der Waals surface area contributed by atoms with Gasteiger partial charge in [0.2, 0.25) is 0 Å². The quantitative estimate of drug-likeness (QED) is 0.110. The van der Waals surface area contributed by atoms with Gasteiger partial charge in [0.15, 0.2) is 5.96 Å². The molecule has 2 rings (SSSR count). The molecular weight excluding hydrogens is 483 g/mol. The number of ether oxygens (including phenoxy) is 2. The molecule has 11 nitrogen and oxygen atoms in total. The number of aromatic amines is 1. The number of aliphatic hydroxyl groups is 1. The van der Waals surface area contributed by atoms with Gasteiger partial charge < -0.3 is 26.0 Å². The summed E-state index contributed by atoms with van der Waals surface area (Å²) in [5, 5.41) is 9.50. The second-order valence-electron chi connectivity index (χ2n) is 6.34. The molecule has 1 aliphatic rings. The van der Waals surface area contributed by atoms with Crippen LogP contribution < -0.4 is 22.7 Å². The predicted octanol–water partition coefficient (Wildman–Crippen LogP) is -0.833. The number of H-pyrrole nitrogens is 1. The Morgan fingerprint density at radius 2 is 2.14 bits per heavy atom. The molecule has 0 spiro atoms. The van der Waals surface area contributed by atoms with Crippen LogP contribution >= 0.6 is 22.6 Å². The Bertz CT molecular complexity index is 818. The molecule has 0 aromatic carbocycles. The molecule has 0 amide bonds. The summed E-state index contributed by atoms with van der Waals surface area (Å²) in [4.78, 5) is 41.6. The van der Waals surface area contributed by atoms with Gasteiger partial charge in [-0.2, -0.15) is 0 Å². The van der Waals surface area contributed by atoms with Crippen molar-refractivity contribution in [2.24, 2.45) is 16.5 Å². The van der Waals surface area contributed by atoms with Gasteiger partial charge in [-0.3, -0.25) is 24.1 Å². The highest BCUT2D eigenvalue weighted by Gasteiger charge is 2.39. The molecule has 0 unspecified atom stereocenters. The minimum Gasteiger partial charge on any atom is -0.459 e. The van der Waals surface area contributed by atoms with Crippen LogP contribution in [0.25, 0.3) is 0 Å². The number of hydrogen-bond donors (Lipinski definition) is 4. The fourth-order valence-corrected chi connectivity index (χ4v) is 3.26. The lowest BCUT2D eigenvalue weighted by molar-refractivity contribution is -0.153. The first kappa shape index (κ1) is 22.4. The number of hydrogen-bond acceptors (Lipinski definition) is 7. The van der Waals surface area contributed by atoms with E-state index in [1.54, 1.807) is 22.6 Å². The third-order valence-corrected chi connectivity index (χ3v) is 4.98. The van der Waals surface area contributed by atoms with Gasteiger partial charge in [0.05, 0.1) is 10.2 Å². The normalized spacial score (nSPS) is 21.4. The van der Waals surface area contributed by atoms with E-state index in [9.17, 15) is 19.5 Å². The van der Waals surface area contributed by atoms with Gasteiger partial charge in [-0.05, 0) is 35.4 Å². The molecule has 1 aromatic rings. The van der Waals surface area contributed by atoms with Gasteiger partial charge in [0.25, 0.3) is 5.56 Å². The van der Waals surface area contributed by atoms with Crippen LogP contribution in [-0.2, 0) is 14.3 Å². The zero-order chi connectivity index (χ0) is 20.7. The number of nitrogens with two attached hydrogens (primary N) is 2. The highest BCUT2D eigenvalue weighted by Crippen LogP contribution is 2.30. The smallest absolute Gasteiger partial charge is 0.330 e. The zero-order valence-corrected chi connectivity index (χ0v) is 17.3. The van der Waals surface area contributed by atoms with Crippen LogP contribution in [0.2, 0.25) is 0 Å². The summed E-state index contributed by atoms with van der Waals surface area (Å²) in [6.45, 7) is 0.150. The van der Waals surface area contributed by atoms with Gasteiger partial charge in [-0.1, -0.05) is 6.42 Å². The standard InChI is InChI=1S/C16H24IN5O6/c17-9-7-22(16(26)21-14(9)25)12-6-10(11(8-23)27-12)28-13(24)4-2-1-3-5-20-15(18)19/h7,10-12,23H,1-6,8H2,(H4,18,19,20)(H,21,25,26)/t10-,11+,12+/m0/s1/i17-2. The van der Waals surface area contributed by atoms with E-state index in [2.05, 4.69) is 9.98 Å². The lowest BCUT2D eigenvalue weighted by Gasteiger charge is -2.16. The Kier molecular flexibility index (Phi) is 8.44. The first-order chi connectivity index (χ1) is 13.3. The molecule has 0 bridgehead atoms. The highest BCUT2D eigenvalue weighted by atomic mass is 125. The molecule has 12 heteroatoms. The topological polar surface area (TPSA) is 175 Å². The molecule has 0 aliphatic carbocycles. The van der Waals surface area contributed by atoms with Crippen LogP contribution in [0, 0.1) is 3.57 Å². The van der Waals surface area contributed by atoms with E-state index in [1.165, 1.54) is 10.8 Å². The molecule has 0 radical (unpaired) electrons. The Labute approximate surface area is 174 Å². The van der Waals surface area contributed by atoms with Crippen LogP contribution in [0.1, 0.15) is 38.3 Å². The maximum Gasteiger partial charge on any atom is 0.330 e. The van der Waals surface area contributed by atoms with E-state index in [-0.39, 0.29) is 25.4 Å². The number of aliphatic imine (C=N–C) groups is 1. The number of carbonyl (C=O) groups is 1. The second-order valence-corrected chi connectivity index (χ2v) is 7.50. The summed E-state index contributed by atoms with van der Waals surface area (Å²) < 4.78 is 12.6. The van der Waals surface area contributed by atoms with Crippen molar-refractivity contribution >= 4 is 34.5 Å². The number of esters is 1. The zero-order valence-electron chi connectivity index (χ0n) is 15.2. The number of carbonyl (C=O) groups excluding carboxylic acids is 1. The largest absolute Gasteiger partial charge is 0.459 e. The summed E-state index contributed by atoms with van der Waals surface area (Å²) in [5.41, 5.74) is 9.36. The number of guanidine groups is 1. The summed E-state index contributed by atoms with van der Waals surface area (Å²) >= 11 is 1.81. The molecule has 28 heavy (non-hydrogen) atoms. The summed E-state index contributed by atoms with van der Waals surface area (Å²) in [6, 6.07) is 0. The number of aromatic nitrogens is 2. The number of unbranched alkanes of at least 4 members (excludes halogenated alkanes) is 2. The van der Waals surface area contributed by atoms with Crippen LogP contribution in [-0.4, -0.2) is 51.9 Å². The monoisotopic (exact) mass is 507 g/mol. The van der Waals surface area contributed by atoms with Crippen molar-refractivity contribution in [1.29, 1.82) is 0 Å². The van der Waals surface area contributed by atoms with E-state index in [0.29, 0.717) is 16.5 Å². The van der Waals surface area contributed by atoms with Gasteiger partial charge in [0, 0.05) is 25.6 Å². The molecular formula is C16H24IN5O6. The minimum atomic E-state index is -0.743. The number of aliphatic hydroxyl groups excluding tert-OH is 1. The lowest BCUT2D eigenvalue weighted by atomic mass is 10.1. The third-order valence-electron chi connectivity index (χ3n) is 4.21. The fraction of sp³-hybridized carbons (Fsp3) is 0.625. The molecule has 1 aromatic heterocycles. The van der Waals surface area contributed by atoms with Gasteiger partial charge in [0.1, 0.15) is 18.4 Å². The first-order valence-electron chi connectivity index (χ1n) is 8.84. The van der Waals surface area contributed by atoms with E-state index in [0.717, 1.165) is 12.8 Å². The molecule has 1 fully saturated rings. The van der Waals surface area contributed by atoms with Crippen molar-refractivity contribution < 1.29 is 19.4 Å². The van der Waals surface area contributed by atoms with Crippen LogP contribution in [0.3, 0.4) is 0 Å². The van der Waals surface area contributed by atoms with Gasteiger partial charge >= 0.3 is 11.7 Å². The van der Waals surface area contributed by atoms with Crippen LogP contribution in [0.4, 0.5) is 0 Å². The van der Waals surface area contributed by atoms with Crippen molar-refractivity contribution in [1.82, 2.24) is 9.55 Å². The Morgan fingerprint density at radius 3 is 2.82 bits per heavy atom. The maximum absolute atomic E-state index is 12.1. The number of rotatable bonds is 9. The molecule has 156 valence electrons. The Morgan fingerprint density at radius 1 is 1.39 bits per heavy atom. The highest BCUT2D eigenvalue weighted by molar-refractivity contribution is 14.1. The van der Waals surface area contributed by atoms with Crippen molar-refractivity contribution in [2.45, 2.75) is 50.5 Å². The van der Waals surface area contributed by atoms with E-state index >= 15 is 0 Å². The Hall–Kier alpha value is -1.93. The number of halogens is 1.